The number of benzene rings is 1. The van der Waals surface area contributed by atoms with E-state index in [-0.39, 0.29) is 5.82 Å². The fraction of sp³-hybridized carbons (Fsp3) is 0.333. The lowest BCUT2D eigenvalue weighted by Gasteiger charge is -2.18. The highest BCUT2D eigenvalue weighted by Gasteiger charge is 2.16. The summed E-state index contributed by atoms with van der Waals surface area (Å²) in [6.07, 6.45) is 2.29. The zero-order valence-electron chi connectivity index (χ0n) is 11.0. The summed E-state index contributed by atoms with van der Waals surface area (Å²) in [5.74, 6) is 0.637. The maximum atomic E-state index is 14.1. The van der Waals surface area contributed by atoms with Crippen molar-refractivity contribution in [2.45, 2.75) is 19.4 Å². The van der Waals surface area contributed by atoms with E-state index in [2.05, 4.69) is 26.1 Å². The molecule has 5 heteroatoms. The Morgan fingerprint density at radius 3 is 2.65 bits per heavy atom. The number of nitrogens with zero attached hydrogens (tertiary/aromatic N) is 1. The number of rotatable bonds is 4. The molecule has 0 atom stereocenters. The summed E-state index contributed by atoms with van der Waals surface area (Å²) >= 11 is 3.26. The fourth-order valence-electron chi connectivity index (χ4n) is 2.47. The highest BCUT2D eigenvalue weighted by atomic mass is 79.9. The number of anilines is 2. The summed E-state index contributed by atoms with van der Waals surface area (Å²) in [7, 11) is 0. The average molecular weight is 339 g/mol. The van der Waals surface area contributed by atoms with Crippen molar-refractivity contribution in [3.8, 4) is 0 Å². The van der Waals surface area contributed by atoms with Crippen LogP contribution in [0.4, 0.5) is 15.8 Å². The van der Waals surface area contributed by atoms with Gasteiger partial charge in [-0.25, -0.2) is 4.39 Å². The normalized spacial score (nSPS) is 14.8. The minimum absolute atomic E-state index is 0.169. The predicted molar refractivity (Wildman–Crippen MR) is 81.6 cm³/mol. The summed E-state index contributed by atoms with van der Waals surface area (Å²) in [6, 6.07) is 9.03. The monoisotopic (exact) mass is 338 g/mol. The van der Waals surface area contributed by atoms with Gasteiger partial charge in [-0.15, -0.1) is 0 Å². The third-order valence-corrected chi connectivity index (χ3v) is 3.92. The predicted octanol–water partition coefficient (Wildman–Crippen LogP) is 4.39. The van der Waals surface area contributed by atoms with Crippen molar-refractivity contribution < 1.29 is 8.81 Å². The standard InChI is InChI=1S/C15H16BrFN2O/c16-15-6-4-12(20-15)10-18-11-3-5-14(13(17)9-11)19-7-1-2-8-19/h3-6,9,18H,1-2,7-8,10H2. The molecule has 3 nitrogen and oxygen atoms in total. The highest BCUT2D eigenvalue weighted by Crippen LogP contribution is 2.26. The molecule has 1 aromatic heterocycles. The van der Waals surface area contributed by atoms with Crippen molar-refractivity contribution in [3.05, 3.63) is 46.6 Å². The Morgan fingerprint density at radius 1 is 1.20 bits per heavy atom. The molecular weight excluding hydrogens is 323 g/mol. The molecule has 0 radical (unpaired) electrons. The van der Waals surface area contributed by atoms with E-state index in [1.54, 1.807) is 6.07 Å². The van der Waals surface area contributed by atoms with E-state index in [1.165, 1.54) is 0 Å². The van der Waals surface area contributed by atoms with Crippen LogP contribution < -0.4 is 10.2 Å². The van der Waals surface area contributed by atoms with Gasteiger partial charge in [0.1, 0.15) is 11.6 Å². The Bertz CT molecular complexity index is 593. The first-order valence-electron chi connectivity index (χ1n) is 6.75. The molecule has 1 aliphatic heterocycles. The Balaban J connectivity index is 1.67. The summed E-state index contributed by atoms with van der Waals surface area (Å²) in [5, 5.41) is 3.16. The van der Waals surface area contributed by atoms with Crippen LogP contribution in [0.5, 0.6) is 0 Å². The van der Waals surface area contributed by atoms with Crippen LogP contribution in [0.3, 0.4) is 0 Å². The van der Waals surface area contributed by atoms with Gasteiger partial charge in [-0.1, -0.05) is 0 Å². The van der Waals surface area contributed by atoms with Crippen LogP contribution >= 0.6 is 15.9 Å². The molecule has 1 aliphatic rings. The molecular formula is C15H16BrFN2O. The third-order valence-electron chi connectivity index (χ3n) is 3.49. The van der Waals surface area contributed by atoms with Gasteiger partial charge in [0.15, 0.2) is 4.67 Å². The largest absolute Gasteiger partial charge is 0.452 e. The van der Waals surface area contributed by atoms with E-state index < -0.39 is 0 Å². The first-order valence-corrected chi connectivity index (χ1v) is 7.54. The third kappa shape index (κ3) is 2.98. The Morgan fingerprint density at radius 2 is 2.00 bits per heavy atom. The second-order valence-electron chi connectivity index (χ2n) is 4.92. The molecule has 0 bridgehead atoms. The van der Waals surface area contributed by atoms with Crippen LogP contribution in [0.15, 0.2) is 39.4 Å². The number of halogens is 2. The van der Waals surface area contributed by atoms with Gasteiger partial charge in [0.25, 0.3) is 0 Å². The minimum atomic E-state index is -0.169. The lowest BCUT2D eigenvalue weighted by atomic mass is 10.2. The molecule has 0 unspecified atom stereocenters. The number of furan rings is 1. The zero-order chi connectivity index (χ0) is 13.9. The molecule has 1 aromatic carbocycles. The second kappa shape index (κ2) is 5.87. The van der Waals surface area contributed by atoms with Crippen molar-refractivity contribution in [1.82, 2.24) is 0 Å². The summed E-state index contributed by atoms with van der Waals surface area (Å²) in [4.78, 5) is 2.10. The molecule has 1 saturated heterocycles. The molecule has 106 valence electrons. The maximum Gasteiger partial charge on any atom is 0.169 e. The summed E-state index contributed by atoms with van der Waals surface area (Å²) in [6.45, 7) is 2.43. The molecule has 2 heterocycles. The maximum absolute atomic E-state index is 14.1. The van der Waals surface area contributed by atoms with Gasteiger partial charge in [-0.3, -0.25) is 0 Å². The highest BCUT2D eigenvalue weighted by molar-refractivity contribution is 9.10. The Labute approximate surface area is 125 Å². The molecule has 1 N–H and O–H groups in total. The van der Waals surface area contributed by atoms with E-state index in [9.17, 15) is 4.39 Å². The second-order valence-corrected chi connectivity index (χ2v) is 5.70. The topological polar surface area (TPSA) is 28.4 Å². The fourth-order valence-corrected chi connectivity index (χ4v) is 2.81. The summed E-state index contributed by atoms with van der Waals surface area (Å²) in [5.41, 5.74) is 1.46. The molecule has 20 heavy (non-hydrogen) atoms. The van der Waals surface area contributed by atoms with Crippen molar-refractivity contribution in [3.63, 3.8) is 0 Å². The van der Waals surface area contributed by atoms with Crippen LogP contribution in [-0.2, 0) is 6.54 Å². The lowest BCUT2D eigenvalue weighted by molar-refractivity contribution is 0.495. The number of hydrogen-bond acceptors (Lipinski definition) is 3. The molecule has 3 rings (SSSR count). The molecule has 1 fully saturated rings. The van der Waals surface area contributed by atoms with Crippen LogP contribution in [0.1, 0.15) is 18.6 Å². The first kappa shape index (κ1) is 13.5. The minimum Gasteiger partial charge on any atom is -0.452 e. The first-order chi connectivity index (χ1) is 9.72. The molecule has 0 saturated carbocycles. The van der Waals surface area contributed by atoms with Crippen molar-refractivity contribution in [1.29, 1.82) is 0 Å². The Kier molecular flexibility index (Phi) is 3.96. The number of hydrogen-bond donors (Lipinski definition) is 1. The van der Waals surface area contributed by atoms with Gasteiger partial charge >= 0.3 is 0 Å². The van der Waals surface area contributed by atoms with Gasteiger partial charge in [0.05, 0.1) is 12.2 Å². The van der Waals surface area contributed by atoms with Crippen LogP contribution in [0, 0.1) is 5.82 Å². The molecule has 0 aliphatic carbocycles. The zero-order valence-corrected chi connectivity index (χ0v) is 12.6. The van der Waals surface area contributed by atoms with E-state index in [0.29, 0.717) is 16.9 Å². The van der Waals surface area contributed by atoms with Gasteiger partial charge in [0, 0.05) is 18.8 Å². The summed E-state index contributed by atoms with van der Waals surface area (Å²) < 4.78 is 20.2. The van der Waals surface area contributed by atoms with Gasteiger partial charge in [0.2, 0.25) is 0 Å². The smallest absolute Gasteiger partial charge is 0.169 e. The van der Waals surface area contributed by atoms with Crippen LogP contribution in [-0.4, -0.2) is 13.1 Å². The molecule has 0 amide bonds. The molecule has 2 aromatic rings. The quantitative estimate of drug-likeness (QED) is 0.895. The van der Waals surface area contributed by atoms with Gasteiger partial charge in [-0.2, -0.15) is 0 Å². The SMILES string of the molecule is Fc1cc(NCc2ccc(Br)o2)ccc1N1CCCC1. The van der Waals surface area contributed by atoms with Crippen LogP contribution in [0.25, 0.3) is 0 Å². The van der Waals surface area contributed by atoms with Crippen molar-refractivity contribution in [2.24, 2.45) is 0 Å². The lowest BCUT2D eigenvalue weighted by Crippen LogP contribution is -2.18. The van der Waals surface area contributed by atoms with E-state index >= 15 is 0 Å². The van der Waals surface area contributed by atoms with Crippen molar-refractivity contribution in [2.75, 3.05) is 23.3 Å². The van der Waals surface area contributed by atoms with Crippen LogP contribution in [0.2, 0.25) is 0 Å². The van der Waals surface area contributed by atoms with Gasteiger partial charge in [-0.05, 0) is 59.1 Å². The Hall–Kier alpha value is -1.49. The number of nitrogens with one attached hydrogen (secondary N) is 1. The average Bonchev–Trinajstić information content (AvgIpc) is 3.08. The van der Waals surface area contributed by atoms with Crippen molar-refractivity contribution >= 4 is 27.3 Å². The molecule has 0 spiro atoms. The van der Waals surface area contributed by atoms with E-state index in [0.717, 1.165) is 37.4 Å². The van der Waals surface area contributed by atoms with E-state index in [1.807, 2.05) is 24.3 Å². The van der Waals surface area contributed by atoms with Gasteiger partial charge < -0.3 is 14.6 Å². The van der Waals surface area contributed by atoms with E-state index in [4.69, 9.17) is 4.42 Å².